The summed E-state index contributed by atoms with van der Waals surface area (Å²) in [6, 6.07) is 0. The Morgan fingerprint density at radius 2 is 1.58 bits per heavy atom. The highest BCUT2D eigenvalue weighted by molar-refractivity contribution is 5.72. The summed E-state index contributed by atoms with van der Waals surface area (Å²) < 4.78 is 4.64. The molecule has 0 spiro atoms. The van der Waals surface area contributed by atoms with Gasteiger partial charge in [-0.15, -0.1) is 0 Å². The second kappa shape index (κ2) is 10.1. The first-order valence-electron chi connectivity index (χ1n) is 4.11. The highest BCUT2D eigenvalue weighted by Gasteiger charge is 1.88. The zero-order valence-electron chi connectivity index (χ0n) is 8.35. The van der Waals surface area contributed by atoms with E-state index in [9.17, 15) is 9.59 Å². The minimum atomic E-state index is -0.182. The second-order valence-electron chi connectivity index (χ2n) is 2.60. The van der Waals surface area contributed by atoms with Crippen molar-refractivity contribution in [3.8, 4) is 0 Å². The largest absolute Gasteiger partial charge is 0.466 e. The Kier molecular flexibility index (Phi) is 11.6. The first-order valence-corrected chi connectivity index (χ1v) is 4.11. The van der Waals surface area contributed by atoms with Crippen LogP contribution in [0.2, 0.25) is 0 Å². The van der Waals surface area contributed by atoms with E-state index in [0.717, 1.165) is 12.8 Å². The van der Waals surface area contributed by atoms with Crippen LogP contribution < -0.4 is 0 Å². The lowest BCUT2D eigenvalue weighted by atomic mass is 10.4. The van der Waals surface area contributed by atoms with Crippen LogP contribution in [0.1, 0.15) is 40.5 Å². The normalized spacial score (nSPS) is 8.00. The van der Waals surface area contributed by atoms with Gasteiger partial charge in [0.25, 0.3) is 0 Å². The molecule has 0 atom stereocenters. The lowest BCUT2D eigenvalue weighted by Crippen LogP contribution is -1.99. The molecule has 0 aliphatic carbocycles. The number of rotatable bonds is 3. The third-order valence-corrected chi connectivity index (χ3v) is 0.803. The average molecular weight is 174 g/mol. The number of carbonyl (C=O) groups is 2. The number of hydrogen-bond acceptors (Lipinski definition) is 3. The average Bonchev–Trinajstić information content (AvgIpc) is 1.86. The fourth-order valence-electron chi connectivity index (χ4n) is 0.360. The summed E-state index contributed by atoms with van der Waals surface area (Å²) >= 11 is 0. The molecule has 0 N–H and O–H groups in total. The van der Waals surface area contributed by atoms with Gasteiger partial charge in [-0.2, -0.15) is 0 Å². The molecule has 0 bridgehead atoms. The summed E-state index contributed by atoms with van der Waals surface area (Å²) in [6.45, 7) is 7.12. The van der Waals surface area contributed by atoms with Crippen molar-refractivity contribution in [1.82, 2.24) is 0 Å². The lowest BCUT2D eigenvalue weighted by Gasteiger charge is -1.96. The van der Waals surface area contributed by atoms with Gasteiger partial charge in [-0.1, -0.05) is 13.3 Å². The molecule has 12 heavy (non-hydrogen) atoms. The zero-order chi connectivity index (χ0) is 9.98. The minimum Gasteiger partial charge on any atom is -0.466 e. The summed E-state index contributed by atoms with van der Waals surface area (Å²) in [5.41, 5.74) is 0. The third-order valence-electron chi connectivity index (χ3n) is 0.803. The molecule has 0 aromatic heterocycles. The molecule has 0 aromatic rings. The van der Waals surface area contributed by atoms with Crippen molar-refractivity contribution in [3.63, 3.8) is 0 Å². The molecule has 0 fully saturated rings. The maximum absolute atomic E-state index is 10.1. The highest BCUT2D eigenvalue weighted by atomic mass is 16.5. The summed E-state index contributed by atoms with van der Waals surface area (Å²) in [5.74, 6) is -0.0153. The Balaban J connectivity index is 0. The second-order valence-corrected chi connectivity index (χ2v) is 2.60. The molecule has 0 aliphatic rings. The van der Waals surface area contributed by atoms with Gasteiger partial charge in [-0.3, -0.25) is 4.79 Å². The maximum atomic E-state index is 10.1. The van der Waals surface area contributed by atoms with Crippen molar-refractivity contribution < 1.29 is 14.3 Å². The fraction of sp³-hybridized carbons (Fsp3) is 0.778. The van der Waals surface area contributed by atoms with Crippen LogP contribution in [0.4, 0.5) is 0 Å². The summed E-state index contributed by atoms with van der Waals surface area (Å²) in [7, 11) is 0. The smallest absolute Gasteiger partial charge is 0.302 e. The van der Waals surface area contributed by atoms with E-state index in [1.165, 1.54) is 20.8 Å². The summed E-state index contributed by atoms with van der Waals surface area (Å²) in [4.78, 5) is 19.5. The van der Waals surface area contributed by atoms with Crippen molar-refractivity contribution in [1.29, 1.82) is 0 Å². The molecule has 0 saturated heterocycles. The van der Waals surface area contributed by atoms with E-state index in [1.807, 2.05) is 0 Å². The number of hydrogen-bond donors (Lipinski definition) is 0. The molecule has 3 heteroatoms. The van der Waals surface area contributed by atoms with E-state index in [4.69, 9.17) is 0 Å². The fourth-order valence-corrected chi connectivity index (χ4v) is 0.360. The Hall–Kier alpha value is -0.860. The molecule has 3 nitrogen and oxygen atoms in total. The van der Waals surface area contributed by atoms with Crippen molar-refractivity contribution in [3.05, 3.63) is 0 Å². The van der Waals surface area contributed by atoms with Crippen molar-refractivity contribution in [2.75, 3.05) is 6.61 Å². The van der Waals surface area contributed by atoms with Gasteiger partial charge in [-0.25, -0.2) is 0 Å². The van der Waals surface area contributed by atoms with Crippen molar-refractivity contribution in [2.24, 2.45) is 0 Å². The van der Waals surface area contributed by atoms with Crippen LogP contribution in [-0.2, 0) is 14.3 Å². The van der Waals surface area contributed by atoms with Crippen LogP contribution >= 0.6 is 0 Å². The van der Waals surface area contributed by atoms with E-state index in [-0.39, 0.29) is 11.8 Å². The van der Waals surface area contributed by atoms with Crippen LogP contribution in [0, 0.1) is 0 Å². The van der Waals surface area contributed by atoms with E-state index < -0.39 is 0 Å². The minimum absolute atomic E-state index is 0.167. The molecule has 0 heterocycles. The van der Waals surface area contributed by atoms with Gasteiger partial charge in [0.05, 0.1) is 6.61 Å². The third kappa shape index (κ3) is 35.3. The van der Waals surface area contributed by atoms with E-state index in [2.05, 4.69) is 11.7 Å². The van der Waals surface area contributed by atoms with E-state index in [0.29, 0.717) is 6.61 Å². The molecular weight excluding hydrogens is 156 g/mol. The Morgan fingerprint density at radius 1 is 1.17 bits per heavy atom. The Morgan fingerprint density at radius 3 is 1.83 bits per heavy atom. The lowest BCUT2D eigenvalue weighted by molar-refractivity contribution is -0.141. The number of ether oxygens (including phenoxy) is 1. The van der Waals surface area contributed by atoms with E-state index in [1.54, 1.807) is 0 Å². The number of Topliss-reactive ketones (excluding diaryl/α,β-unsaturated/α-hetero) is 1. The van der Waals surface area contributed by atoms with Gasteiger partial charge in [0.2, 0.25) is 0 Å². The predicted molar refractivity (Wildman–Crippen MR) is 47.9 cm³/mol. The Labute approximate surface area is 74.1 Å². The van der Waals surface area contributed by atoms with Crippen molar-refractivity contribution in [2.45, 2.75) is 40.5 Å². The molecule has 0 amide bonds. The molecule has 0 aromatic carbocycles. The molecule has 0 radical (unpaired) electrons. The Bertz CT molecular complexity index is 126. The van der Waals surface area contributed by atoms with Crippen LogP contribution in [0.25, 0.3) is 0 Å². The molecule has 72 valence electrons. The van der Waals surface area contributed by atoms with Crippen LogP contribution in [0.3, 0.4) is 0 Å². The molecule has 0 rings (SSSR count). The number of carbonyl (C=O) groups excluding carboxylic acids is 2. The standard InChI is InChI=1S/C6H12O2.C3H6O/c1-3-4-5-8-6(2)7;1-3(2)4/h3-5H2,1-2H3;1-2H3. The monoisotopic (exact) mass is 174 g/mol. The quantitative estimate of drug-likeness (QED) is 0.485. The van der Waals surface area contributed by atoms with Crippen LogP contribution in [0.5, 0.6) is 0 Å². The summed E-state index contributed by atoms with van der Waals surface area (Å²) in [6.07, 6.45) is 2.05. The highest BCUT2D eigenvalue weighted by Crippen LogP contribution is 1.86. The topological polar surface area (TPSA) is 43.4 Å². The first-order chi connectivity index (χ1) is 5.50. The molecular formula is C9H18O3. The zero-order valence-corrected chi connectivity index (χ0v) is 8.35. The van der Waals surface area contributed by atoms with Gasteiger partial charge in [0.1, 0.15) is 5.78 Å². The van der Waals surface area contributed by atoms with Gasteiger partial charge in [0, 0.05) is 6.92 Å². The van der Waals surface area contributed by atoms with Crippen molar-refractivity contribution >= 4 is 11.8 Å². The SMILES string of the molecule is CC(C)=O.CCCCOC(C)=O. The first kappa shape index (κ1) is 13.7. The summed E-state index contributed by atoms with van der Waals surface area (Å²) in [5, 5.41) is 0. The van der Waals surface area contributed by atoms with Crippen LogP contribution in [-0.4, -0.2) is 18.4 Å². The van der Waals surface area contributed by atoms with Gasteiger partial charge < -0.3 is 9.53 Å². The predicted octanol–water partition coefficient (Wildman–Crippen LogP) is 1.94. The van der Waals surface area contributed by atoms with Gasteiger partial charge in [0.15, 0.2) is 0 Å². The van der Waals surface area contributed by atoms with E-state index >= 15 is 0 Å². The van der Waals surface area contributed by atoms with Gasteiger partial charge in [-0.05, 0) is 20.3 Å². The number of unbranched alkanes of at least 4 members (excludes halogenated alkanes) is 1. The number of ketones is 1. The number of esters is 1. The van der Waals surface area contributed by atoms with Crippen LogP contribution in [0.15, 0.2) is 0 Å². The molecule has 0 aliphatic heterocycles. The maximum Gasteiger partial charge on any atom is 0.302 e. The molecule has 0 saturated carbocycles. The molecule has 0 unspecified atom stereocenters. The van der Waals surface area contributed by atoms with Gasteiger partial charge >= 0.3 is 5.97 Å².